The molecule has 0 radical (unpaired) electrons. The molecule has 3 aromatic heterocycles. The van der Waals surface area contributed by atoms with Gasteiger partial charge in [-0.3, -0.25) is 9.59 Å². The normalized spacial score (nSPS) is 13.8. The van der Waals surface area contributed by atoms with Crippen LogP contribution >= 0.6 is 23.1 Å². The molecule has 1 fully saturated rings. The molecule has 1 aliphatic heterocycles. The lowest BCUT2D eigenvalue weighted by atomic mass is 10.1. The minimum atomic E-state index is -4.75. The van der Waals surface area contributed by atoms with E-state index in [1.165, 1.54) is 23.6 Å². The van der Waals surface area contributed by atoms with Crippen LogP contribution in [0, 0.1) is 11.3 Å². The van der Waals surface area contributed by atoms with Gasteiger partial charge >= 0.3 is 6.18 Å². The third-order valence-corrected chi connectivity index (χ3v) is 7.01. The Morgan fingerprint density at radius 1 is 1.27 bits per heavy atom. The molecule has 0 bridgehead atoms. The van der Waals surface area contributed by atoms with Crippen LogP contribution in [0.5, 0.6) is 0 Å². The van der Waals surface area contributed by atoms with Crippen molar-refractivity contribution in [1.82, 2.24) is 14.9 Å². The van der Waals surface area contributed by atoms with E-state index >= 15 is 0 Å². The summed E-state index contributed by atoms with van der Waals surface area (Å²) in [5.41, 5.74) is -1.07. The van der Waals surface area contributed by atoms with E-state index in [0.29, 0.717) is 23.7 Å². The number of H-pyrrole nitrogens is 1. The first-order chi connectivity index (χ1) is 15.8. The number of thioether (sulfide) groups is 1. The number of carbonyl (C=O) groups excluding carboxylic acids is 2. The maximum absolute atomic E-state index is 13.6. The maximum Gasteiger partial charge on any atom is 0.417 e. The number of nitriles is 1. The number of hydrogen-bond donors (Lipinski definition) is 1. The van der Waals surface area contributed by atoms with Crippen molar-refractivity contribution in [2.24, 2.45) is 0 Å². The second-order valence-electron chi connectivity index (χ2n) is 7.34. The number of halogens is 3. The summed E-state index contributed by atoms with van der Waals surface area (Å²) < 4.78 is 40.8. The lowest BCUT2D eigenvalue weighted by Gasteiger charge is -2.13. The van der Waals surface area contributed by atoms with E-state index < -0.39 is 23.1 Å². The molecule has 1 saturated heterocycles. The number of nitrogens with zero attached hydrogens (tertiary/aromatic N) is 3. The Morgan fingerprint density at radius 3 is 2.67 bits per heavy atom. The first-order valence-corrected chi connectivity index (χ1v) is 11.8. The van der Waals surface area contributed by atoms with Crippen LogP contribution in [0.25, 0.3) is 10.6 Å². The molecule has 0 aliphatic carbocycles. The van der Waals surface area contributed by atoms with E-state index in [-0.39, 0.29) is 27.9 Å². The second-order valence-corrected chi connectivity index (χ2v) is 9.25. The fourth-order valence-electron chi connectivity index (χ4n) is 3.49. The maximum atomic E-state index is 13.6. The quantitative estimate of drug-likeness (QED) is 0.377. The summed E-state index contributed by atoms with van der Waals surface area (Å²) in [5.74, 6) is -0.814. The Balaban J connectivity index is 1.56. The number of rotatable bonds is 6. The van der Waals surface area contributed by atoms with Crippen molar-refractivity contribution in [2.45, 2.75) is 24.0 Å². The fraction of sp³-hybridized carbons (Fsp3) is 0.273. The fourth-order valence-corrected chi connectivity index (χ4v) is 5.08. The van der Waals surface area contributed by atoms with Gasteiger partial charge in [-0.1, -0.05) is 17.8 Å². The number of pyridine rings is 1. The molecule has 170 valence electrons. The molecule has 1 aliphatic rings. The van der Waals surface area contributed by atoms with Crippen LogP contribution in [-0.4, -0.2) is 45.4 Å². The van der Waals surface area contributed by atoms with E-state index in [1.807, 2.05) is 0 Å². The molecular weight excluding hydrogens is 473 g/mol. The minimum absolute atomic E-state index is 0.0893. The highest BCUT2D eigenvalue weighted by molar-refractivity contribution is 8.00. The van der Waals surface area contributed by atoms with Gasteiger partial charge in [0.2, 0.25) is 0 Å². The van der Waals surface area contributed by atoms with E-state index in [9.17, 15) is 28.0 Å². The number of aromatic nitrogens is 2. The molecule has 0 aromatic carbocycles. The first kappa shape index (κ1) is 23.1. The van der Waals surface area contributed by atoms with Gasteiger partial charge in [-0.05, 0) is 36.4 Å². The third kappa shape index (κ3) is 4.96. The monoisotopic (exact) mass is 490 g/mol. The second kappa shape index (κ2) is 9.41. The Labute approximate surface area is 195 Å². The Bertz CT molecular complexity index is 1220. The van der Waals surface area contributed by atoms with Crippen LogP contribution in [0.4, 0.5) is 13.2 Å². The molecule has 0 unspecified atom stereocenters. The van der Waals surface area contributed by atoms with Crippen LogP contribution in [-0.2, 0) is 6.18 Å². The van der Waals surface area contributed by atoms with Gasteiger partial charge in [-0.15, -0.1) is 11.3 Å². The predicted molar refractivity (Wildman–Crippen MR) is 118 cm³/mol. The molecule has 4 heterocycles. The van der Waals surface area contributed by atoms with E-state index in [4.69, 9.17) is 0 Å². The summed E-state index contributed by atoms with van der Waals surface area (Å²) in [7, 11) is 0. The number of aromatic amines is 1. The summed E-state index contributed by atoms with van der Waals surface area (Å²) in [5, 5.41) is 11.0. The van der Waals surface area contributed by atoms with E-state index in [2.05, 4.69) is 9.97 Å². The molecule has 4 rings (SSSR count). The summed E-state index contributed by atoms with van der Waals surface area (Å²) in [4.78, 5) is 34.4. The van der Waals surface area contributed by atoms with Crippen LogP contribution < -0.4 is 0 Å². The number of alkyl halides is 3. The molecule has 1 amide bonds. The Kier molecular flexibility index (Phi) is 6.58. The van der Waals surface area contributed by atoms with Crippen molar-refractivity contribution in [3.8, 4) is 16.6 Å². The topological polar surface area (TPSA) is 89.8 Å². The summed E-state index contributed by atoms with van der Waals surface area (Å²) in [6.45, 7) is 1.34. The van der Waals surface area contributed by atoms with Crippen LogP contribution in [0.1, 0.15) is 44.8 Å². The van der Waals surface area contributed by atoms with Gasteiger partial charge in [0.1, 0.15) is 16.8 Å². The number of carbonyl (C=O) groups is 2. The third-order valence-electron chi connectivity index (χ3n) is 5.15. The molecule has 0 saturated carbocycles. The smallest absolute Gasteiger partial charge is 0.356 e. The average Bonchev–Trinajstić information content (AvgIpc) is 3.57. The van der Waals surface area contributed by atoms with Gasteiger partial charge in [0.25, 0.3) is 5.91 Å². The average molecular weight is 491 g/mol. The standard InChI is InChI=1S/C22H17F3N4O2S2/c23-22(24,25)15-9-16(19-4-3-7-32-19)28-20(14(15)10-26)33-12-18(30)13-8-17(27-11-13)21(31)29-5-1-2-6-29/h3-4,7-9,11,27H,1-2,5-6,12H2. The zero-order chi connectivity index (χ0) is 23.6. The number of likely N-dealkylation sites (tertiary alicyclic amines) is 1. The van der Waals surface area contributed by atoms with Gasteiger partial charge in [0.05, 0.1) is 27.5 Å². The van der Waals surface area contributed by atoms with Gasteiger partial charge in [-0.25, -0.2) is 4.98 Å². The number of thiophene rings is 1. The van der Waals surface area contributed by atoms with E-state index in [1.54, 1.807) is 28.5 Å². The van der Waals surface area contributed by atoms with Crippen molar-refractivity contribution in [3.63, 3.8) is 0 Å². The molecule has 0 spiro atoms. The summed E-state index contributed by atoms with van der Waals surface area (Å²) in [6.07, 6.45) is -1.46. The van der Waals surface area contributed by atoms with Crippen molar-refractivity contribution in [3.05, 3.63) is 58.2 Å². The molecule has 6 nitrogen and oxygen atoms in total. The molecule has 0 atom stereocenters. The zero-order valence-electron chi connectivity index (χ0n) is 17.1. The van der Waals surface area contributed by atoms with Crippen LogP contribution in [0.3, 0.4) is 0 Å². The zero-order valence-corrected chi connectivity index (χ0v) is 18.7. The van der Waals surface area contributed by atoms with Crippen molar-refractivity contribution < 1.29 is 22.8 Å². The number of amides is 1. The number of ketones is 1. The Hall–Kier alpha value is -3.10. The van der Waals surface area contributed by atoms with Crippen molar-refractivity contribution in [1.29, 1.82) is 5.26 Å². The molecule has 33 heavy (non-hydrogen) atoms. The Morgan fingerprint density at radius 2 is 2.03 bits per heavy atom. The van der Waals surface area contributed by atoms with Crippen molar-refractivity contribution >= 4 is 34.8 Å². The number of Topliss-reactive ketones (excluding diaryl/α,β-unsaturated/α-hetero) is 1. The van der Waals surface area contributed by atoms with Crippen LogP contribution in [0.15, 0.2) is 40.9 Å². The highest BCUT2D eigenvalue weighted by Crippen LogP contribution is 2.38. The molecule has 11 heteroatoms. The van der Waals surface area contributed by atoms with Gasteiger partial charge in [0.15, 0.2) is 5.78 Å². The predicted octanol–water partition coefficient (Wildman–Crippen LogP) is 5.24. The first-order valence-electron chi connectivity index (χ1n) is 9.98. The minimum Gasteiger partial charge on any atom is -0.356 e. The number of hydrogen-bond acceptors (Lipinski definition) is 6. The lowest BCUT2D eigenvalue weighted by molar-refractivity contribution is -0.138. The highest BCUT2D eigenvalue weighted by Gasteiger charge is 2.36. The largest absolute Gasteiger partial charge is 0.417 e. The summed E-state index contributed by atoms with van der Waals surface area (Å²) in [6, 6.07) is 7.23. The van der Waals surface area contributed by atoms with Crippen molar-refractivity contribution in [2.75, 3.05) is 18.8 Å². The van der Waals surface area contributed by atoms with Gasteiger partial charge < -0.3 is 9.88 Å². The van der Waals surface area contributed by atoms with Crippen LogP contribution in [0.2, 0.25) is 0 Å². The highest BCUT2D eigenvalue weighted by atomic mass is 32.2. The molecule has 1 N–H and O–H groups in total. The summed E-state index contributed by atoms with van der Waals surface area (Å²) >= 11 is 2.00. The van der Waals surface area contributed by atoms with E-state index in [0.717, 1.165) is 30.7 Å². The number of nitrogens with one attached hydrogen (secondary N) is 1. The lowest BCUT2D eigenvalue weighted by Crippen LogP contribution is -2.27. The molecular formula is C22H17F3N4O2S2. The molecule has 3 aromatic rings. The van der Waals surface area contributed by atoms with Gasteiger partial charge in [-0.2, -0.15) is 18.4 Å². The SMILES string of the molecule is N#Cc1c(C(F)(F)F)cc(-c2cccs2)nc1SCC(=O)c1c[nH]c(C(=O)N2CCCC2)c1. The van der Waals surface area contributed by atoms with Gasteiger partial charge in [0, 0.05) is 24.8 Å².